The van der Waals surface area contributed by atoms with Gasteiger partial charge in [0.2, 0.25) is 11.1 Å². The summed E-state index contributed by atoms with van der Waals surface area (Å²) < 4.78 is 3.01. The Kier molecular flexibility index (Phi) is 6.03. The minimum atomic E-state index is 0.0273. The number of nitrogens with zero attached hydrogens (tertiary/aromatic N) is 6. The van der Waals surface area contributed by atoms with E-state index in [1.54, 1.807) is 4.68 Å². The van der Waals surface area contributed by atoms with E-state index in [4.69, 9.17) is 5.84 Å². The van der Waals surface area contributed by atoms with Crippen LogP contribution in [0.15, 0.2) is 41.6 Å². The van der Waals surface area contributed by atoms with E-state index in [9.17, 15) is 4.79 Å². The smallest absolute Gasteiger partial charge is 0.271 e. The van der Waals surface area contributed by atoms with E-state index >= 15 is 0 Å². The number of nitrogens with two attached hydrogens (primary N) is 1. The van der Waals surface area contributed by atoms with Gasteiger partial charge in [-0.1, -0.05) is 42.1 Å². The van der Waals surface area contributed by atoms with Gasteiger partial charge in [-0.25, -0.2) is 9.36 Å². The van der Waals surface area contributed by atoms with Gasteiger partial charge in [0.25, 0.3) is 5.95 Å². The predicted octanol–water partition coefficient (Wildman–Crippen LogP) is 2.32. The average Bonchev–Trinajstić information content (AvgIpc) is 3.19. The number of amides is 1. The van der Waals surface area contributed by atoms with Crippen molar-refractivity contribution in [1.29, 1.82) is 0 Å². The first-order valence-corrected chi connectivity index (χ1v) is 10.1. The van der Waals surface area contributed by atoms with E-state index in [0.717, 1.165) is 17.0 Å². The summed E-state index contributed by atoms with van der Waals surface area (Å²) in [5.41, 5.74) is 2.89. The van der Waals surface area contributed by atoms with Crippen LogP contribution >= 0.6 is 11.8 Å². The quantitative estimate of drug-likeness (QED) is 0.484. The molecule has 0 bridgehead atoms. The fourth-order valence-corrected chi connectivity index (χ4v) is 3.63. The molecular weight excluding hydrogens is 374 g/mol. The third-order valence-corrected chi connectivity index (χ3v) is 5.24. The fraction of sp³-hybridized carbons (Fsp3) is 0.368. The molecule has 0 aliphatic carbocycles. The molecule has 2 N–H and O–H groups in total. The van der Waals surface area contributed by atoms with Crippen LogP contribution in [0.3, 0.4) is 0 Å². The minimum absolute atomic E-state index is 0.0273. The molecule has 0 unspecified atom stereocenters. The highest BCUT2D eigenvalue weighted by Gasteiger charge is 2.20. The van der Waals surface area contributed by atoms with Crippen molar-refractivity contribution in [1.82, 2.24) is 29.6 Å². The standard InChI is InChI=1S/C19H25N7OS/c1-13(2)24(11-16-8-6-5-7-9-16)17(27)12-28-19-22-21-18(25(19)20)26-15(4)10-14(3)23-26/h5-10,13H,11-12,20H2,1-4H3. The third-order valence-electron chi connectivity index (χ3n) is 4.31. The summed E-state index contributed by atoms with van der Waals surface area (Å²) in [5.74, 6) is 6.83. The number of aromatic nitrogens is 5. The fourth-order valence-electron chi connectivity index (χ4n) is 2.89. The molecule has 28 heavy (non-hydrogen) atoms. The Morgan fingerprint density at radius 1 is 1.21 bits per heavy atom. The second-order valence-corrected chi connectivity index (χ2v) is 7.82. The van der Waals surface area contributed by atoms with Crippen LogP contribution in [-0.4, -0.2) is 47.3 Å². The molecule has 8 nitrogen and oxygen atoms in total. The molecule has 0 saturated heterocycles. The van der Waals surface area contributed by atoms with Crippen LogP contribution in [0.25, 0.3) is 5.95 Å². The van der Waals surface area contributed by atoms with Crippen molar-refractivity contribution in [3.63, 3.8) is 0 Å². The lowest BCUT2D eigenvalue weighted by atomic mass is 10.2. The molecule has 1 amide bonds. The number of rotatable bonds is 7. The van der Waals surface area contributed by atoms with Gasteiger partial charge in [0.1, 0.15) is 0 Å². The molecule has 3 rings (SSSR count). The molecule has 9 heteroatoms. The van der Waals surface area contributed by atoms with Crippen molar-refractivity contribution in [3.8, 4) is 5.95 Å². The molecule has 0 fully saturated rings. The van der Waals surface area contributed by atoms with Crippen LogP contribution in [-0.2, 0) is 11.3 Å². The monoisotopic (exact) mass is 399 g/mol. The van der Waals surface area contributed by atoms with E-state index < -0.39 is 0 Å². The zero-order valence-electron chi connectivity index (χ0n) is 16.5. The van der Waals surface area contributed by atoms with E-state index in [1.165, 1.54) is 16.4 Å². The Morgan fingerprint density at radius 2 is 1.93 bits per heavy atom. The largest absolute Gasteiger partial charge is 0.335 e. The number of hydrogen-bond donors (Lipinski definition) is 1. The second-order valence-electron chi connectivity index (χ2n) is 6.88. The van der Waals surface area contributed by atoms with Crippen LogP contribution in [0, 0.1) is 13.8 Å². The Labute approximate surface area is 168 Å². The van der Waals surface area contributed by atoms with Gasteiger partial charge in [0, 0.05) is 18.3 Å². The molecule has 2 heterocycles. The molecule has 0 radical (unpaired) electrons. The Morgan fingerprint density at radius 3 is 2.54 bits per heavy atom. The molecule has 0 spiro atoms. The highest BCUT2D eigenvalue weighted by molar-refractivity contribution is 7.99. The Bertz CT molecular complexity index is 949. The number of carbonyl (C=O) groups is 1. The number of carbonyl (C=O) groups excluding carboxylic acids is 1. The molecular formula is C19H25N7OS. The first-order valence-electron chi connectivity index (χ1n) is 9.07. The van der Waals surface area contributed by atoms with Crippen LogP contribution in [0.1, 0.15) is 30.8 Å². The molecule has 0 aliphatic rings. The summed E-state index contributed by atoms with van der Waals surface area (Å²) in [6.45, 7) is 8.43. The predicted molar refractivity (Wildman–Crippen MR) is 110 cm³/mol. The van der Waals surface area contributed by atoms with Crippen LogP contribution in [0.2, 0.25) is 0 Å². The van der Waals surface area contributed by atoms with Crippen LogP contribution < -0.4 is 5.84 Å². The maximum atomic E-state index is 12.8. The molecule has 0 atom stereocenters. The van der Waals surface area contributed by atoms with Gasteiger partial charge in [-0.15, -0.1) is 10.2 Å². The Balaban J connectivity index is 1.69. The third kappa shape index (κ3) is 4.36. The van der Waals surface area contributed by atoms with E-state index in [1.807, 2.05) is 69.0 Å². The average molecular weight is 400 g/mol. The van der Waals surface area contributed by atoms with Gasteiger partial charge < -0.3 is 10.7 Å². The highest BCUT2D eigenvalue weighted by Crippen LogP contribution is 2.19. The number of aryl methyl sites for hydroxylation is 2. The maximum Gasteiger partial charge on any atom is 0.271 e. The summed E-state index contributed by atoms with van der Waals surface area (Å²) >= 11 is 1.27. The molecule has 0 aliphatic heterocycles. The molecule has 3 aromatic rings. The zero-order valence-corrected chi connectivity index (χ0v) is 17.3. The van der Waals surface area contributed by atoms with Crippen molar-refractivity contribution >= 4 is 17.7 Å². The van der Waals surface area contributed by atoms with Gasteiger partial charge in [0.05, 0.1) is 11.4 Å². The second kappa shape index (κ2) is 8.47. The normalized spacial score (nSPS) is 11.2. The molecule has 148 valence electrons. The summed E-state index contributed by atoms with van der Waals surface area (Å²) in [6, 6.07) is 12.0. The number of nitrogen functional groups attached to an aromatic ring is 1. The van der Waals surface area contributed by atoms with E-state index in [0.29, 0.717) is 17.6 Å². The summed E-state index contributed by atoms with van der Waals surface area (Å²) in [6.07, 6.45) is 0. The van der Waals surface area contributed by atoms with Crippen LogP contribution in [0.4, 0.5) is 0 Å². The first kappa shape index (κ1) is 19.9. The molecule has 1 aromatic carbocycles. The number of benzene rings is 1. The van der Waals surface area contributed by atoms with Gasteiger partial charge in [0.15, 0.2) is 0 Å². The molecule has 2 aromatic heterocycles. The van der Waals surface area contributed by atoms with Crippen molar-refractivity contribution < 1.29 is 4.79 Å². The van der Waals surface area contributed by atoms with E-state index in [-0.39, 0.29) is 17.7 Å². The molecule has 0 saturated carbocycles. The lowest BCUT2D eigenvalue weighted by Gasteiger charge is -2.26. The summed E-state index contributed by atoms with van der Waals surface area (Å²) in [5, 5.41) is 13.1. The first-order chi connectivity index (χ1) is 13.4. The summed E-state index contributed by atoms with van der Waals surface area (Å²) in [7, 11) is 0. The van der Waals surface area contributed by atoms with Crippen molar-refractivity contribution in [3.05, 3.63) is 53.3 Å². The van der Waals surface area contributed by atoms with E-state index in [2.05, 4.69) is 15.3 Å². The Hall–Kier alpha value is -2.81. The van der Waals surface area contributed by atoms with Crippen molar-refractivity contribution in [2.45, 2.75) is 45.4 Å². The number of hydrogen-bond acceptors (Lipinski definition) is 6. The van der Waals surface area contributed by atoms with Gasteiger partial charge in [-0.05, 0) is 39.3 Å². The topological polar surface area (TPSA) is 94.9 Å². The van der Waals surface area contributed by atoms with Crippen LogP contribution in [0.5, 0.6) is 0 Å². The maximum absolute atomic E-state index is 12.8. The van der Waals surface area contributed by atoms with Gasteiger partial charge >= 0.3 is 0 Å². The number of thioether (sulfide) groups is 1. The zero-order chi connectivity index (χ0) is 20.3. The van der Waals surface area contributed by atoms with Gasteiger partial charge in [-0.2, -0.15) is 5.10 Å². The van der Waals surface area contributed by atoms with Gasteiger partial charge in [-0.3, -0.25) is 4.79 Å². The lowest BCUT2D eigenvalue weighted by molar-refractivity contribution is -0.130. The summed E-state index contributed by atoms with van der Waals surface area (Å²) in [4.78, 5) is 14.6. The van der Waals surface area contributed by atoms with Crippen molar-refractivity contribution in [2.24, 2.45) is 0 Å². The SMILES string of the molecule is Cc1cc(C)n(-c2nnc(SCC(=O)N(Cc3ccccc3)C(C)C)n2N)n1. The lowest BCUT2D eigenvalue weighted by Crippen LogP contribution is -2.37. The van der Waals surface area contributed by atoms with Crippen molar-refractivity contribution in [2.75, 3.05) is 11.6 Å². The minimum Gasteiger partial charge on any atom is -0.335 e. The highest BCUT2D eigenvalue weighted by atomic mass is 32.2.